The Kier molecular flexibility index (Phi) is 5.41. The summed E-state index contributed by atoms with van der Waals surface area (Å²) in [5.74, 6) is 0. The Hall–Kier alpha value is -5.74. The first-order valence-electron chi connectivity index (χ1n) is 13.7. The largest absolute Gasteiger partial charge is 0.456 e. The molecule has 8 rings (SSSR count). The molecule has 42 heavy (non-hydrogen) atoms. The number of hydrogen-bond donors (Lipinski definition) is 0. The number of fused-ring (bicyclic) bond motifs is 4. The SMILES string of the molecule is O=c1c2ccccc2oc2ccc(-c3ccc4oc5ccc(-c6cccc(-c7ccccc7)c6)cc5c(=O)c4c3)cc12. The lowest BCUT2D eigenvalue weighted by Gasteiger charge is -2.09. The summed E-state index contributed by atoms with van der Waals surface area (Å²) in [6.07, 6.45) is 0. The molecule has 0 amide bonds. The Morgan fingerprint density at radius 1 is 0.310 bits per heavy atom. The van der Waals surface area contributed by atoms with Crippen molar-refractivity contribution in [2.45, 2.75) is 0 Å². The van der Waals surface area contributed by atoms with Crippen LogP contribution in [0.2, 0.25) is 0 Å². The number of para-hydroxylation sites is 1. The molecule has 0 aliphatic carbocycles. The molecule has 6 aromatic carbocycles. The third-order valence-electron chi connectivity index (χ3n) is 7.88. The van der Waals surface area contributed by atoms with Crippen molar-refractivity contribution >= 4 is 43.9 Å². The monoisotopic (exact) mass is 542 g/mol. The van der Waals surface area contributed by atoms with Crippen LogP contribution in [-0.2, 0) is 0 Å². The van der Waals surface area contributed by atoms with Gasteiger partial charge in [-0.2, -0.15) is 0 Å². The van der Waals surface area contributed by atoms with Crippen molar-refractivity contribution in [3.8, 4) is 33.4 Å². The first-order chi connectivity index (χ1) is 20.6. The van der Waals surface area contributed by atoms with Crippen LogP contribution < -0.4 is 10.9 Å². The van der Waals surface area contributed by atoms with Crippen LogP contribution in [0.25, 0.3) is 77.3 Å². The van der Waals surface area contributed by atoms with Gasteiger partial charge in [0.15, 0.2) is 0 Å². The Labute approximate surface area is 239 Å². The van der Waals surface area contributed by atoms with Gasteiger partial charge in [-0.3, -0.25) is 9.59 Å². The van der Waals surface area contributed by atoms with Crippen molar-refractivity contribution in [1.82, 2.24) is 0 Å². The molecule has 0 saturated carbocycles. The van der Waals surface area contributed by atoms with Crippen molar-refractivity contribution in [2.75, 3.05) is 0 Å². The summed E-state index contributed by atoms with van der Waals surface area (Å²) in [6.45, 7) is 0. The zero-order valence-electron chi connectivity index (χ0n) is 22.3. The number of benzene rings is 6. The van der Waals surface area contributed by atoms with E-state index in [4.69, 9.17) is 8.83 Å². The molecule has 198 valence electrons. The molecular formula is C38H22O4. The van der Waals surface area contributed by atoms with Crippen molar-refractivity contribution in [1.29, 1.82) is 0 Å². The van der Waals surface area contributed by atoms with Crippen LogP contribution >= 0.6 is 0 Å². The van der Waals surface area contributed by atoms with Crippen molar-refractivity contribution in [3.05, 3.63) is 154 Å². The lowest BCUT2D eigenvalue weighted by atomic mass is 9.97. The fourth-order valence-electron chi connectivity index (χ4n) is 5.71. The second kappa shape index (κ2) is 9.43. The van der Waals surface area contributed by atoms with E-state index >= 15 is 0 Å². The predicted molar refractivity (Wildman–Crippen MR) is 170 cm³/mol. The van der Waals surface area contributed by atoms with Gasteiger partial charge < -0.3 is 8.83 Å². The van der Waals surface area contributed by atoms with E-state index in [1.54, 1.807) is 18.2 Å². The zero-order chi connectivity index (χ0) is 28.2. The average Bonchev–Trinajstić information content (AvgIpc) is 3.05. The lowest BCUT2D eigenvalue weighted by molar-refractivity contribution is 0.659. The van der Waals surface area contributed by atoms with Crippen molar-refractivity contribution in [3.63, 3.8) is 0 Å². The smallest absolute Gasteiger partial charge is 0.200 e. The van der Waals surface area contributed by atoms with E-state index in [9.17, 15) is 9.59 Å². The van der Waals surface area contributed by atoms with Crippen LogP contribution in [0, 0.1) is 0 Å². The molecule has 0 radical (unpaired) electrons. The second-order valence-electron chi connectivity index (χ2n) is 10.4. The van der Waals surface area contributed by atoms with E-state index in [2.05, 4.69) is 24.3 Å². The summed E-state index contributed by atoms with van der Waals surface area (Å²) in [6, 6.07) is 42.6. The Morgan fingerprint density at radius 2 is 0.714 bits per heavy atom. The van der Waals surface area contributed by atoms with Crippen molar-refractivity contribution in [2.24, 2.45) is 0 Å². The summed E-state index contributed by atoms with van der Waals surface area (Å²) < 4.78 is 12.1. The van der Waals surface area contributed by atoms with Gasteiger partial charge in [0.1, 0.15) is 22.3 Å². The fraction of sp³-hybridized carbons (Fsp3) is 0. The second-order valence-corrected chi connectivity index (χ2v) is 10.4. The van der Waals surface area contributed by atoms with E-state index in [0.717, 1.165) is 33.4 Å². The van der Waals surface area contributed by atoms with Crippen LogP contribution in [-0.4, -0.2) is 0 Å². The Balaban J connectivity index is 1.25. The molecule has 2 heterocycles. The van der Waals surface area contributed by atoms with E-state index in [0.29, 0.717) is 43.9 Å². The van der Waals surface area contributed by atoms with E-state index < -0.39 is 0 Å². The fourth-order valence-corrected chi connectivity index (χ4v) is 5.71. The third kappa shape index (κ3) is 3.93. The van der Waals surface area contributed by atoms with Crippen LogP contribution in [0.15, 0.2) is 152 Å². The Morgan fingerprint density at radius 3 is 1.29 bits per heavy atom. The Bertz CT molecular complexity index is 2450. The topological polar surface area (TPSA) is 60.4 Å². The highest BCUT2D eigenvalue weighted by atomic mass is 16.3. The van der Waals surface area contributed by atoms with Gasteiger partial charge in [0.25, 0.3) is 0 Å². The van der Waals surface area contributed by atoms with Crippen LogP contribution in [0.5, 0.6) is 0 Å². The minimum absolute atomic E-state index is 0.0798. The van der Waals surface area contributed by atoms with Gasteiger partial charge in [-0.1, -0.05) is 78.9 Å². The summed E-state index contributed by atoms with van der Waals surface area (Å²) >= 11 is 0. The maximum Gasteiger partial charge on any atom is 0.200 e. The van der Waals surface area contributed by atoms with Crippen LogP contribution in [0.4, 0.5) is 0 Å². The standard InChI is InChI=1S/C38H22O4/c39-37-29-11-4-5-12-33(29)41-34-17-14-27(21-30(34)37)28-15-18-36-32(22-28)38(40)31-20-26(13-16-35(31)42-36)25-10-6-9-24(19-25)23-7-2-1-3-8-23/h1-22H. The minimum atomic E-state index is -0.0968. The summed E-state index contributed by atoms with van der Waals surface area (Å²) in [5.41, 5.74) is 7.81. The highest BCUT2D eigenvalue weighted by molar-refractivity contribution is 5.96. The third-order valence-corrected chi connectivity index (χ3v) is 7.88. The molecular weight excluding hydrogens is 520 g/mol. The number of rotatable bonds is 3. The first kappa shape index (κ1) is 24.1. The molecule has 0 saturated heterocycles. The van der Waals surface area contributed by atoms with Crippen molar-refractivity contribution < 1.29 is 8.83 Å². The quantitative estimate of drug-likeness (QED) is 0.209. The van der Waals surface area contributed by atoms with Crippen LogP contribution in [0.1, 0.15) is 0 Å². The highest BCUT2D eigenvalue weighted by Gasteiger charge is 2.13. The molecule has 2 aromatic heterocycles. The van der Waals surface area contributed by atoms with Gasteiger partial charge in [-0.15, -0.1) is 0 Å². The molecule has 4 heteroatoms. The minimum Gasteiger partial charge on any atom is -0.456 e. The summed E-state index contributed by atoms with van der Waals surface area (Å²) in [7, 11) is 0. The molecule has 0 N–H and O–H groups in total. The maximum absolute atomic E-state index is 13.8. The van der Waals surface area contributed by atoms with E-state index in [1.807, 2.05) is 91.0 Å². The summed E-state index contributed by atoms with van der Waals surface area (Å²) in [4.78, 5) is 27.0. The molecule has 8 aromatic rings. The predicted octanol–water partition coefficient (Wildman–Crippen LogP) is 9.21. The molecule has 0 bridgehead atoms. The van der Waals surface area contributed by atoms with E-state index in [-0.39, 0.29) is 10.9 Å². The van der Waals surface area contributed by atoms with Gasteiger partial charge in [0, 0.05) is 0 Å². The molecule has 4 nitrogen and oxygen atoms in total. The van der Waals surface area contributed by atoms with Crippen LogP contribution in [0.3, 0.4) is 0 Å². The highest BCUT2D eigenvalue weighted by Crippen LogP contribution is 2.31. The lowest BCUT2D eigenvalue weighted by Crippen LogP contribution is -2.03. The molecule has 0 fully saturated rings. The first-order valence-corrected chi connectivity index (χ1v) is 13.7. The molecule has 0 aliphatic rings. The average molecular weight is 543 g/mol. The molecule has 0 aliphatic heterocycles. The van der Waals surface area contributed by atoms with Gasteiger partial charge in [0.05, 0.1) is 21.5 Å². The van der Waals surface area contributed by atoms with Gasteiger partial charge >= 0.3 is 0 Å². The zero-order valence-corrected chi connectivity index (χ0v) is 22.3. The number of hydrogen-bond acceptors (Lipinski definition) is 4. The maximum atomic E-state index is 13.8. The van der Waals surface area contributed by atoms with Gasteiger partial charge in [-0.25, -0.2) is 0 Å². The normalized spacial score (nSPS) is 11.5. The summed E-state index contributed by atoms with van der Waals surface area (Å²) in [5, 5.41) is 2.05. The van der Waals surface area contributed by atoms with Gasteiger partial charge in [-0.05, 0) is 88.0 Å². The molecule has 0 atom stereocenters. The van der Waals surface area contributed by atoms with E-state index in [1.165, 1.54) is 0 Å². The van der Waals surface area contributed by atoms with Gasteiger partial charge in [0.2, 0.25) is 10.9 Å². The molecule has 0 unspecified atom stereocenters. The molecule has 0 spiro atoms.